The summed E-state index contributed by atoms with van der Waals surface area (Å²) in [5.74, 6) is -0.161. The van der Waals surface area contributed by atoms with Gasteiger partial charge in [-0.15, -0.1) is 0 Å². The third kappa shape index (κ3) is 3.68. The molecule has 0 saturated heterocycles. The van der Waals surface area contributed by atoms with Crippen molar-refractivity contribution in [3.8, 4) is 0 Å². The van der Waals surface area contributed by atoms with Gasteiger partial charge in [0.1, 0.15) is 0 Å². The number of rotatable bonds is 8. The molecule has 1 fully saturated rings. The van der Waals surface area contributed by atoms with Crippen LogP contribution in [0.25, 0.3) is 0 Å². The van der Waals surface area contributed by atoms with Gasteiger partial charge in [-0.2, -0.15) is 0 Å². The first kappa shape index (κ1) is 16.4. The highest BCUT2D eigenvalue weighted by molar-refractivity contribution is 6.41. The van der Waals surface area contributed by atoms with Crippen molar-refractivity contribution < 1.29 is 9.47 Å². The summed E-state index contributed by atoms with van der Waals surface area (Å²) in [5.41, 5.74) is 1.53. The molecule has 18 heavy (non-hydrogen) atoms. The quantitative estimate of drug-likeness (QED) is 0.505. The molecule has 1 aliphatic rings. The molecule has 0 aliphatic heterocycles. The van der Waals surface area contributed by atoms with E-state index in [0.29, 0.717) is 0 Å². The van der Waals surface area contributed by atoms with Crippen LogP contribution in [0.2, 0.25) is 23.2 Å². The van der Waals surface area contributed by atoms with Gasteiger partial charge < -0.3 is 9.47 Å². The maximum absolute atomic E-state index is 6.29. The minimum absolute atomic E-state index is 0.0454. The van der Waals surface area contributed by atoms with Crippen molar-refractivity contribution in [3.63, 3.8) is 0 Å². The van der Waals surface area contributed by atoms with Crippen molar-refractivity contribution in [1.82, 2.24) is 0 Å². The van der Waals surface area contributed by atoms with Gasteiger partial charge in [-0.3, -0.25) is 0 Å². The summed E-state index contributed by atoms with van der Waals surface area (Å²) in [6.45, 7) is 10.6. The Morgan fingerprint density at radius 2 is 1.33 bits per heavy atom. The van der Waals surface area contributed by atoms with E-state index in [2.05, 4.69) is 27.7 Å². The molecule has 1 rings (SSSR count). The average Bonchev–Trinajstić information content (AvgIpc) is 2.35. The normalized spacial score (nSPS) is 28.7. The van der Waals surface area contributed by atoms with Gasteiger partial charge in [0.05, 0.1) is 0 Å². The van der Waals surface area contributed by atoms with Gasteiger partial charge >= 0.3 is 0 Å². The number of hydrogen-bond acceptors (Lipinski definition) is 2. The summed E-state index contributed by atoms with van der Waals surface area (Å²) < 4.78 is 12.6. The summed E-state index contributed by atoms with van der Waals surface area (Å²) in [6.07, 6.45) is 4.13. The molecule has 0 heterocycles. The molecular formula is C14H32O2Si2. The van der Waals surface area contributed by atoms with E-state index in [4.69, 9.17) is 9.47 Å². The van der Waals surface area contributed by atoms with E-state index in [0.717, 1.165) is 24.3 Å². The summed E-state index contributed by atoms with van der Waals surface area (Å²) in [7, 11) is -0.0908. The molecule has 108 valence electrons. The minimum Gasteiger partial charge on any atom is -0.350 e. The van der Waals surface area contributed by atoms with Gasteiger partial charge in [0.15, 0.2) is 5.79 Å². The maximum Gasteiger partial charge on any atom is 0.168 e. The first-order valence-electron chi connectivity index (χ1n) is 8.02. The lowest BCUT2D eigenvalue weighted by Crippen LogP contribution is -2.50. The SMILES string of the molecule is CCOC1(OCC)C([SiH2]CC)CCCC1[SiH2]CC. The summed E-state index contributed by atoms with van der Waals surface area (Å²) >= 11 is 0. The van der Waals surface area contributed by atoms with Crippen LogP contribution in [0.1, 0.15) is 47.0 Å². The lowest BCUT2D eigenvalue weighted by molar-refractivity contribution is -0.246. The molecule has 0 bridgehead atoms. The van der Waals surface area contributed by atoms with Crippen LogP contribution >= 0.6 is 0 Å². The van der Waals surface area contributed by atoms with Crippen LogP contribution in [0.4, 0.5) is 0 Å². The van der Waals surface area contributed by atoms with E-state index in [1.807, 2.05) is 0 Å². The van der Waals surface area contributed by atoms with E-state index in [9.17, 15) is 0 Å². The molecule has 1 saturated carbocycles. The highest BCUT2D eigenvalue weighted by Crippen LogP contribution is 2.49. The average molecular weight is 289 g/mol. The van der Waals surface area contributed by atoms with Gasteiger partial charge in [0.25, 0.3) is 0 Å². The first-order chi connectivity index (χ1) is 8.75. The Bertz CT molecular complexity index is 198. The molecule has 0 amide bonds. The van der Waals surface area contributed by atoms with Gasteiger partial charge in [-0.25, -0.2) is 0 Å². The van der Waals surface area contributed by atoms with Crippen molar-refractivity contribution in [3.05, 3.63) is 0 Å². The first-order valence-corrected chi connectivity index (χ1v) is 11.7. The zero-order valence-electron chi connectivity index (χ0n) is 12.8. The maximum atomic E-state index is 6.29. The Morgan fingerprint density at radius 3 is 1.67 bits per heavy atom. The van der Waals surface area contributed by atoms with E-state index in [1.54, 1.807) is 0 Å². The van der Waals surface area contributed by atoms with Gasteiger partial charge in [-0.05, 0) is 26.7 Å². The second-order valence-corrected chi connectivity index (χ2v) is 10.6. The van der Waals surface area contributed by atoms with Gasteiger partial charge in [0, 0.05) is 43.3 Å². The fourth-order valence-corrected chi connectivity index (χ4v) is 8.52. The molecule has 2 atom stereocenters. The zero-order valence-corrected chi connectivity index (χ0v) is 15.7. The minimum atomic E-state index is -0.161. The van der Waals surface area contributed by atoms with Crippen LogP contribution in [-0.2, 0) is 9.47 Å². The van der Waals surface area contributed by atoms with Crippen molar-refractivity contribution in [2.75, 3.05) is 13.2 Å². The molecule has 1 aliphatic carbocycles. The van der Waals surface area contributed by atoms with Crippen molar-refractivity contribution in [1.29, 1.82) is 0 Å². The molecule has 0 spiro atoms. The van der Waals surface area contributed by atoms with E-state index in [1.165, 1.54) is 31.4 Å². The molecule has 0 radical (unpaired) electrons. The van der Waals surface area contributed by atoms with Crippen LogP contribution in [0.3, 0.4) is 0 Å². The lowest BCUT2D eigenvalue weighted by atomic mass is 9.92. The van der Waals surface area contributed by atoms with Crippen LogP contribution in [0.5, 0.6) is 0 Å². The van der Waals surface area contributed by atoms with E-state index in [-0.39, 0.29) is 24.8 Å². The Hall–Kier alpha value is 0.354. The predicted octanol–water partition coefficient (Wildman–Crippen LogP) is 2.73. The van der Waals surface area contributed by atoms with Crippen molar-refractivity contribution in [2.45, 2.75) is 75.9 Å². The third-order valence-electron chi connectivity index (χ3n) is 4.26. The lowest BCUT2D eigenvalue weighted by Gasteiger charge is -2.49. The summed E-state index contributed by atoms with van der Waals surface area (Å²) in [5, 5.41) is 0. The second kappa shape index (κ2) is 8.51. The monoisotopic (exact) mass is 288 g/mol. The Labute approximate surface area is 118 Å². The van der Waals surface area contributed by atoms with Crippen LogP contribution in [-0.4, -0.2) is 38.0 Å². The standard InChI is InChI=1S/C14H32O2Si2/c1-5-15-14(16-6-2)12(17-7-3)10-9-11-13(14)18-8-4/h12-13H,5-11,17-18H2,1-4H3. The largest absolute Gasteiger partial charge is 0.350 e. The predicted molar refractivity (Wildman–Crippen MR) is 85.4 cm³/mol. The molecular weight excluding hydrogens is 256 g/mol. The van der Waals surface area contributed by atoms with Crippen LogP contribution < -0.4 is 0 Å². The number of ether oxygens (including phenoxy) is 2. The molecule has 2 unspecified atom stereocenters. The molecule has 0 aromatic rings. The van der Waals surface area contributed by atoms with Crippen molar-refractivity contribution in [2.24, 2.45) is 0 Å². The van der Waals surface area contributed by atoms with E-state index >= 15 is 0 Å². The van der Waals surface area contributed by atoms with Crippen molar-refractivity contribution >= 4 is 19.0 Å². The molecule has 0 N–H and O–H groups in total. The molecule has 4 heteroatoms. The second-order valence-electron chi connectivity index (χ2n) is 5.49. The summed E-state index contributed by atoms with van der Waals surface area (Å²) in [4.78, 5) is 0. The Kier molecular flexibility index (Phi) is 7.76. The van der Waals surface area contributed by atoms with Crippen LogP contribution in [0, 0.1) is 0 Å². The third-order valence-corrected chi connectivity index (χ3v) is 8.76. The fourth-order valence-electron chi connectivity index (χ4n) is 3.70. The Morgan fingerprint density at radius 1 is 0.889 bits per heavy atom. The highest BCUT2D eigenvalue weighted by atomic mass is 28.2. The van der Waals surface area contributed by atoms with E-state index < -0.39 is 0 Å². The molecule has 0 aromatic heterocycles. The smallest absolute Gasteiger partial charge is 0.168 e. The fraction of sp³-hybridized carbons (Fsp3) is 1.00. The highest BCUT2D eigenvalue weighted by Gasteiger charge is 2.48. The van der Waals surface area contributed by atoms with Gasteiger partial charge in [0.2, 0.25) is 0 Å². The molecule has 2 nitrogen and oxygen atoms in total. The topological polar surface area (TPSA) is 18.5 Å². The number of hydrogen-bond donors (Lipinski definition) is 0. The summed E-state index contributed by atoms with van der Waals surface area (Å²) in [6, 6.07) is 2.76. The zero-order chi connectivity index (χ0) is 13.4. The van der Waals surface area contributed by atoms with Gasteiger partial charge in [-0.1, -0.05) is 32.4 Å². The van der Waals surface area contributed by atoms with Crippen LogP contribution in [0.15, 0.2) is 0 Å². The molecule has 0 aromatic carbocycles. The Balaban J connectivity index is 2.92.